The van der Waals surface area contributed by atoms with Crippen LogP contribution in [-0.4, -0.2) is 49.1 Å². The van der Waals surface area contributed by atoms with Gasteiger partial charge in [0.1, 0.15) is 12.1 Å². The molecule has 28 heavy (non-hydrogen) atoms. The van der Waals surface area contributed by atoms with Gasteiger partial charge in [0.2, 0.25) is 0 Å². The van der Waals surface area contributed by atoms with Gasteiger partial charge in [-0.3, -0.25) is 9.88 Å². The SMILES string of the molecule is COC(=O)C(c1ccc(Cl)cc1)N1CCN(c2cc(C)nc(C)c2C#N)CC1. The normalized spacial score (nSPS) is 15.8. The summed E-state index contributed by atoms with van der Waals surface area (Å²) in [6.45, 7) is 6.56. The summed E-state index contributed by atoms with van der Waals surface area (Å²) in [7, 11) is 1.41. The van der Waals surface area contributed by atoms with Gasteiger partial charge in [0.15, 0.2) is 0 Å². The first-order valence-corrected chi connectivity index (χ1v) is 9.53. The zero-order valence-electron chi connectivity index (χ0n) is 16.3. The Hall–Kier alpha value is -2.62. The molecule has 2 aromatic rings. The van der Waals surface area contributed by atoms with Crippen LogP contribution < -0.4 is 4.90 Å². The van der Waals surface area contributed by atoms with Gasteiger partial charge in [0.25, 0.3) is 0 Å². The van der Waals surface area contributed by atoms with Crippen LogP contribution >= 0.6 is 11.6 Å². The molecule has 1 aromatic heterocycles. The monoisotopic (exact) mass is 398 g/mol. The number of nitriles is 1. The van der Waals surface area contributed by atoms with Crippen LogP contribution in [0.2, 0.25) is 5.02 Å². The number of piperazine rings is 1. The lowest BCUT2D eigenvalue weighted by atomic mass is 10.0. The first kappa shape index (κ1) is 20.1. The van der Waals surface area contributed by atoms with Crippen molar-refractivity contribution in [2.24, 2.45) is 0 Å². The fraction of sp³-hybridized carbons (Fsp3) is 0.381. The summed E-state index contributed by atoms with van der Waals surface area (Å²) >= 11 is 5.99. The second-order valence-electron chi connectivity index (χ2n) is 6.86. The van der Waals surface area contributed by atoms with Crippen molar-refractivity contribution in [2.75, 3.05) is 38.2 Å². The van der Waals surface area contributed by atoms with E-state index in [9.17, 15) is 10.1 Å². The lowest BCUT2D eigenvalue weighted by Crippen LogP contribution is -2.49. The molecule has 6 nitrogen and oxygen atoms in total. The van der Waals surface area contributed by atoms with Gasteiger partial charge in [-0.1, -0.05) is 23.7 Å². The van der Waals surface area contributed by atoms with Crippen LogP contribution in [0.3, 0.4) is 0 Å². The van der Waals surface area contributed by atoms with Crippen LogP contribution in [-0.2, 0) is 9.53 Å². The minimum absolute atomic E-state index is 0.288. The molecule has 1 atom stereocenters. The number of hydrogen-bond acceptors (Lipinski definition) is 6. The number of nitrogens with zero attached hydrogens (tertiary/aromatic N) is 4. The molecule has 0 bridgehead atoms. The van der Waals surface area contributed by atoms with Gasteiger partial charge in [0, 0.05) is 36.9 Å². The minimum atomic E-state index is -0.472. The number of carbonyl (C=O) groups is 1. The second kappa shape index (κ2) is 8.59. The maximum atomic E-state index is 12.5. The van der Waals surface area contributed by atoms with Gasteiger partial charge in [0.05, 0.1) is 24.1 Å². The van der Waals surface area contributed by atoms with Gasteiger partial charge in [-0.2, -0.15) is 5.26 Å². The van der Waals surface area contributed by atoms with E-state index in [2.05, 4.69) is 20.9 Å². The number of aryl methyl sites for hydroxylation is 2. The summed E-state index contributed by atoms with van der Waals surface area (Å²) in [5.41, 5.74) is 4.02. The van der Waals surface area contributed by atoms with Crippen LogP contribution in [0.4, 0.5) is 5.69 Å². The molecule has 7 heteroatoms. The number of benzene rings is 1. The number of methoxy groups -OCH3 is 1. The van der Waals surface area contributed by atoms with Crippen molar-refractivity contribution in [1.29, 1.82) is 5.26 Å². The molecule has 0 radical (unpaired) electrons. The van der Waals surface area contributed by atoms with Gasteiger partial charge in [-0.15, -0.1) is 0 Å². The third kappa shape index (κ3) is 4.11. The maximum absolute atomic E-state index is 12.5. The largest absolute Gasteiger partial charge is 0.468 e. The maximum Gasteiger partial charge on any atom is 0.327 e. The zero-order chi connectivity index (χ0) is 20.3. The lowest BCUT2D eigenvalue weighted by Gasteiger charge is -2.39. The van der Waals surface area contributed by atoms with E-state index in [4.69, 9.17) is 16.3 Å². The van der Waals surface area contributed by atoms with Crippen molar-refractivity contribution in [1.82, 2.24) is 9.88 Å². The molecule has 146 valence electrons. The molecule has 0 N–H and O–H groups in total. The van der Waals surface area contributed by atoms with Crippen molar-refractivity contribution >= 4 is 23.3 Å². The van der Waals surface area contributed by atoms with E-state index < -0.39 is 6.04 Å². The Bertz CT molecular complexity index is 900. The van der Waals surface area contributed by atoms with Crippen molar-refractivity contribution < 1.29 is 9.53 Å². The number of hydrogen-bond donors (Lipinski definition) is 0. The van der Waals surface area contributed by atoms with E-state index in [1.807, 2.05) is 32.0 Å². The third-order valence-electron chi connectivity index (χ3n) is 5.05. The van der Waals surface area contributed by atoms with E-state index in [0.29, 0.717) is 36.8 Å². The molecule has 0 amide bonds. The number of esters is 1. The third-order valence-corrected chi connectivity index (χ3v) is 5.30. The molecule has 1 saturated heterocycles. The van der Waals surface area contributed by atoms with Crippen molar-refractivity contribution in [3.63, 3.8) is 0 Å². The fourth-order valence-electron chi connectivity index (χ4n) is 3.67. The van der Waals surface area contributed by atoms with Gasteiger partial charge in [-0.25, -0.2) is 4.79 Å². The molecule has 1 aliphatic heterocycles. The van der Waals surface area contributed by atoms with Crippen LogP contribution in [0.25, 0.3) is 0 Å². The molecule has 3 rings (SSSR count). The Morgan fingerprint density at radius 3 is 2.43 bits per heavy atom. The molecular weight excluding hydrogens is 376 g/mol. The van der Waals surface area contributed by atoms with Gasteiger partial charge < -0.3 is 9.64 Å². The number of carbonyl (C=O) groups excluding carboxylic acids is 1. The topological polar surface area (TPSA) is 69.5 Å². The van der Waals surface area contributed by atoms with Crippen molar-refractivity contribution in [3.05, 3.63) is 57.9 Å². The van der Waals surface area contributed by atoms with Crippen molar-refractivity contribution in [2.45, 2.75) is 19.9 Å². The van der Waals surface area contributed by atoms with Crippen LogP contribution in [0, 0.1) is 25.2 Å². The van der Waals surface area contributed by atoms with E-state index in [-0.39, 0.29) is 5.97 Å². The zero-order valence-corrected chi connectivity index (χ0v) is 17.0. The molecule has 1 unspecified atom stereocenters. The fourth-order valence-corrected chi connectivity index (χ4v) is 3.80. The first-order valence-electron chi connectivity index (χ1n) is 9.15. The number of aromatic nitrogens is 1. The highest BCUT2D eigenvalue weighted by Crippen LogP contribution is 2.28. The summed E-state index contributed by atoms with van der Waals surface area (Å²) in [5.74, 6) is -0.288. The standard InChI is InChI=1S/C21H23ClN4O2/c1-14-12-19(18(13-23)15(2)24-14)25-8-10-26(11-9-25)20(21(27)28-3)16-4-6-17(22)7-5-16/h4-7,12,20H,8-11H2,1-3H3. The summed E-state index contributed by atoms with van der Waals surface area (Å²) in [4.78, 5) is 21.2. The Labute approximate surface area is 170 Å². The Kier molecular flexibility index (Phi) is 6.18. The Morgan fingerprint density at radius 2 is 1.86 bits per heavy atom. The summed E-state index contributed by atoms with van der Waals surface area (Å²) < 4.78 is 5.05. The number of pyridine rings is 1. The Morgan fingerprint density at radius 1 is 1.21 bits per heavy atom. The van der Waals surface area contributed by atoms with E-state index in [1.165, 1.54) is 7.11 Å². The number of anilines is 1. The van der Waals surface area contributed by atoms with E-state index >= 15 is 0 Å². The Balaban J connectivity index is 1.81. The molecule has 0 saturated carbocycles. The number of halogens is 1. The first-order chi connectivity index (χ1) is 13.4. The lowest BCUT2D eigenvalue weighted by molar-refractivity contribution is -0.147. The average molecular weight is 399 g/mol. The van der Waals surface area contributed by atoms with E-state index in [0.717, 1.165) is 22.6 Å². The molecule has 1 fully saturated rings. The predicted molar refractivity (Wildman–Crippen MR) is 108 cm³/mol. The highest BCUT2D eigenvalue weighted by Gasteiger charge is 2.32. The predicted octanol–water partition coefficient (Wildman–Crippen LogP) is 3.26. The quantitative estimate of drug-likeness (QED) is 0.736. The van der Waals surface area contributed by atoms with Crippen LogP contribution in [0.5, 0.6) is 0 Å². The van der Waals surface area contributed by atoms with Crippen LogP contribution in [0.1, 0.15) is 28.6 Å². The molecule has 1 aromatic carbocycles. The van der Waals surface area contributed by atoms with Gasteiger partial charge in [-0.05, 0) is 37.6 Å². The highest BCUT2D eigenvalue weighted by atomic mass is 35.5. The average Bonchev–Trinajstić information content (AvgIpc) is 2.69. The molecule has 2 heterocycles. The molecule has 0 spiro atoms. The smallest absolute Gasteiger partial charge is 0.327 e. The number of ether oxygens (including phenoxy) is 1. The van der Waals surface area contributed by atoms with Crippen LogP contribution in [0.15, 0.2) is 30.3 Å². The van der Waals surface area contributed by atoms with E-state index in [1.54, 1.807) is 12.1 Å². The summed E-state index contributed by atoms with van der Waals surface area (Å²) in [5, 5.41) is 10.2. The second-order valence-corrected chi connectivity index (χ2v) is 7.29. The molecule has 0 aliphatic carbocycles. The number of rotatable bonds is 4. The van der Waals surface area contributed by atoms with Crippen molar-refractivity contribution in [3.8, 4) is 6.07 Å². The molecule has 1 aliphatic rings. The minimum Gasteiger partial charge on any atom is -0.468 e. The highest BCUT2D eigenvalue weighted by molar-refractivity contribution is 6.30. The summed E-state index contributed by atoms with van der Waals surface area (Å²) in [6, 6.07) is 11.0. The van der Waals surface area contributed by atoms with Gasteiger partial charge >= 0.3 is 5.97 Å². The summed E-state index contributed by atoms with van der Waals surface area (Å²) in [6.07, 6.45) is 0. The molecular formula is C21H23ClN4O2.